The summed E-state index contributed by atoms with van der Waals surface area (Å²) in [6.45, 7) is 0. The van der Waals surface area contributed by atoms with Gasteiger partial charge in [0, 0.05) is 11.8 Å². The van der Waals surface area contributed by atoms with Crippen molar-refractivity contribution in [3.8, 4) is 17.1 Å². The third-order valence-electron chi connectivity index (χ3n) is 3.10. The fourth-order valence-corrected chi connectivity index (χ4v) is 3.00. The first-order valence-electron chi connectivity index (χ1n) is 6.03. The summed E-state index contributed by atoms with van der Waals surface area (Å²) in [5.74, 6) is 0.771. The molecule has 2 N–H and O–H groups in total. The van der Waals surface area contributed by atoms with Crippen LogP contribution in [-0.4, -0.2) is 29.7 Å². The van der Waals surface area contributed by atoms with Gasteiger partial charge in [-0.3, -0.25) is 0 Å². The molecule has 3 rings (SSSR count). The van der Waals surface area contributed by atoms with E-state index in [9.17, 15) is 13.5 Å². The highest BCUT2D eigenvalue weighted by atomic mass is 127. The summed E-state index contributed by atoms with van der Waals surface area (Å²) >= 11 is 2.04. The summed E-state index contributed by atoms with van der Waals surface area (Å²) in [4.78, 5) is 7.74. The van der Waals surface area contributed by atoms with Crippen LogP contribution in [0.2, 0.25) is 0 Å². The second-order valence-corrected chi connectivity index (χ2v) is 7.88. The first kappa shape index (κ1) is 14.3. The molecule has 5 nitrogen and oxygen atoms in total. The third-order valence-corrected chi connectivity index (χ3v) is 5.12. The molecule has 0 spiro atoms. The van der Waals surface area contributed by atoms with Crippen LogP contribution in [-0.2, 0) is 9.84 Å². The second-order valence-electron chi connectivity index (χ2n) is 4.70. The first-order valence-corrected chi connectivity index (χ1v) is 9.00. The van der Waals surface area contributed by atoms with Gasteiger partial charge in [0.1, 0.15) is 11.6 Å². The number of phenolic OH excluding ortho intramolecular Hbond substituents is 1. The molecule has 7 heteroatoms. The Hall–Kier alpha value is -1.61. The number of sulfone groups is 1. The molecule has 0 aliphatic carbocycles. The van der Waals surface area contributed by atoms with Crippen LogP contribution in [0.15, 0.2) is 41.3 Å². The highest BCUT2D eigenvalue weighted by Crippen LogP contribution is 2.27. The zero-order chi connectivity index (χ0) is 15.2. The van der Waals surface area contributed by atoms with Crippen LogP contribution in [0.3, 0.4) is 0 Å². The Morgan fingerprint density at radius 3 is 2.62 bits per heavy atom. The minimum atomic E-state index is -3.25. The molecule has 0 amide bonds. The van der Waals surface area contributed by atoms with Gasteiger partial charge < -0.3 is 10.1 Å². The van der Waals surface area contributed by atoms with E-state index in [1.54, 1.807) is 24.3 Å². The van der Waals surface area contributed by atoms with Gasteiger partial charge >= 0.3 is 0 Å². The molecular formula is C14H11IN2O3S. The van der Waals surface area contributed by atoms with Crippen molar-refractivity contribution >= 4 is 43.5 Å². The average Bonchev–Trinajstić information content (AvgIpc) is 2.83. The number of rotatable bonds is 2. The maximum absolute atomic E-state index is 11.6. The summed E-state index contributed by atoms with van der Waals surface area (Å²) in [6, 6.07) is 10.0. The average molecular weight is 414 g/mol. The van der Waals surface area contributed by atoms with E-state index >= 15 is 0 Å². The van der Waals surface area contributed by atoms with E-state index in [0.29, 0.717) is 16.9 Å². The van der Waals surface area contributed by atoms with Gasteiger partial charge in [-0.05, 0) is 59.0 Å². The topological polar surface area (TPSA) is 83.1 Å². The summed E-state index contributed by atoms with van der Waals surface area (Å²) in [7, 11) is -3.25. The Kier molecular flexibility index (Phi) is 3.40. The van der Waals surface area contributed by atoms with E-state index < -0.39 is 9.84 Å². The lowest BCUT2D eigenvalue weighted by atomic mass is 10.2. The van der Waals surface area contributed by atoms with Gasteiger partial charge in [0.2, 0.25) is 0 Å². The van der Waals surface area contributed by atoms with Crippen LogP contribution < -0.4 is 0 Å². The number of nitrogens with one attached hydrogen (secondary N) is 1. The van der Waals surface area contributed by atoms with Crippen molar-refractivity contribution in [2.75, 3.05) is 6.26 Å². The number of benzene rings is 2. The van der Waals surface area contributed by atoms with Crippen molar-refractivity contribution in [3.05, 3.63) is 40.0 Å². The molecule has 0 aliphatic rings. The molecular weight excluding hydrogens is 403 g/mol. The SMILES string of the molecule is CS(=O)(=O)c1ccc2nc(-c3ccc(I)c(O)c3)[nH]c2c1. The van der Waals surface area contributed by atoms with E-state index in [-0.39, 0.29) is 10.6 Å². The van der Waals surface area contributed by atoms with Gasteiger partial charge in [-0.1, -0.05) is 0 Å². The Balaban J connectivity index is 2.14. The van der Waals surface area contributed by atoms with Crippen molar-refractivity contribution in [2.24, 2.45) is 0 Å². The number of hydrogen-bond acceptors (Lipinski definition) is 4. The summed E-state index contributed by atoms with van der Waals surface area (Å²) in [5.41, 5.74) is 2.06. The fraction of sp³-hybridized carbons (Fsp3) is 0.0714. The number of hydrogen-bond donors (Lipinski definition) is 2. The molecule has 0 aliphatic heterocycles. The second kappa shape index (κ2) is 4.99. The maximum atomic E-state index is 11.6. The Labute approximate surface area is 135 Å². The van der Waals surface area contributed by atoms with Crippen molar-refractivity contribution in [2.45, 2.75) is 4.90 Å². The third kappa shape index (κ3) is 2.75. The van der Waals surface area contributed by atoms with E-state index in [4.69, 9.17) is 0 Å². The molecule has 0 saturated heterocycles. The molecule has 0 saturated carbocycles. The Bertz CT molecular complexity index is 948. The normalized spacial score (nSPS) is 11.9. The lowest BCUT2D eigenvalue weighted by Gasteiger charge is -1.99. The predicted molar refractivity (Wildman–Crippen MR) is 89.0 cm³/mol. The quantitative estimate of drug-likeness (QED) is 0.632. The van der Waals surface area contributed by atoms with Gasteiger partial charge in [0.05, 0.1) is 19.5 Å². The molecule has 1 aromatic heterocycles. The number of halogens is 1. The molecule has 0 atom stereocenters. The smallest absolute Gasteiger partial charge is 0.175 e. The highest BCUT2D eigenvalue weighted by molar-refractivity contribution is 14.1. The molecule has 3 aromatic rings. The molecule has 108 valence electrons. The van der Waals surface area contributed by atoms with Crippen molar-refractivity contribution in [1.82, 2.24) is 9.97 Å². The monoisotopic (exact) mass is 414 g/mol. The number of aromatic hydroxyl groups is 1. The molecule has 1 heterocycles. The van der Waals surface area contributed by atoms with Crippen LogP contribution in [0.5, 0.6) is 5.75 Å². The standard InChI is InChI=1S/C14H11IN2O3S/c1-21(19,20)9-3-5-11-12(7-9)17-14(16-11)8-2-4-10(15)13(18)6-8/h2-7,18H,1H3,(H,16,17). The van der Waals surface area contributed by atoms with Crippen LogP contribution >= 0.6 is 22.6 Å². The number of imidazole rings is 1. The zero-order valence-corrected chi connectivity index (χ0v) is 13.9. The van der Waals surface area contributed by atoms with Crippen LogP contribution in [0.25, 0.3) is 22.4 Å². The van der Waals surface area contributed by atoms with E-state index in [0.717, 1.165) is 9.13 Å². The van der Waals surface area contributed by atoms with Gasteiger partial charge in [-0.2, -0.15) is 0 Å². The number of aromatic nitrogens is 2. The van der Waals surface area contributed by atoms with Crippen molar-refractivity contribution < 1.29 is 13.5 Å². The van der Waals surface area contributed by atoms with Gasteiger partial charge in [-0.15, -0.1) is 0 Å². The predicted octanol–water partition coefficient (Wildman–Crippen LogP) is 2.94. The van der Waals surface area contributed by atoms with Crippen LogP contribution in [0.1, 0.15) is 0 Å². The van der Waals surface area contributed by atoms with E-state index in [1.807, 2.05) is 28.7 Å². The number of nitrogens with zero attached hydrogens (tertiary/aromatic N) is 1. The lowest BCUT2D eigenvalue weighted by Crippen LogP contribution is -1.96. The number of H-pyrrole nitrogens is 1. The van der Waals surface area contributed by atoms with Crippen LogP contribution in [0.4, 0.5) is 0 Å². The molecule has 21 heavy (non-hydrogen) atoms. The summed E-state index contributed by atoms with van der Waals surface area (Å²) in [5, 5.41) is 9.76. The zero-order valence-electron chi connectivity index (χ0n) is 11.0. The van der Waals surface area contributed by atoms with E-state index in [1.165, 1.54) is 12.3 Å². The Morgan fingerprint density at radius 1 is 1.19 bits per heavy atom. The van der Waals surface area contributed by atoms with Crippen LogP contribution in [0, 0.1) is 3.57 Å². The molecule has 0 fully saturated rings. The van der Waals surface area contributed by atoms with Crippen molar-refractivity contribution in [1.29, 1.82) is 0 Å². The van der Waals surface area contributed by atoms with Crippen molar-refractivity contribution in [3.63, 3.8) is 0 Å². The van der Waals surface area contributed by atoms with Gasteiger partial charge in [-0.25, -0.2) is 13.4 Å². The fourth-order valence-electron chi connectivity index (χ4n) is 2.02. The maximum Gasteiger partial charge on any atom is 0.175 e. The summed E-state index contributed by atoms with van der Waals surface area (Å²) in [6.07, 6.45) is 1.17. The molecule has 0 radical (unpaired) electrons. The molecule has 0 unspecified atom stereocenters. The molecule has 2 aromatic carbocycles. The summed E-state index contributed by atoms with van der Waals surface area (Å²) < 4.78 is 23.9. The Morgan fingerprint density at radius 2 is 1.95 bits per heavy atom. The minimum Gasteiger partial charge on any atom is -0.507 e. The largest absolute Gasteiger partial charge is 0.507 e. The minimum absolute atomic E-state index is 0.186. The highest BCUT2D eigenvalue weighted by Gasteiger charge is 2.11. The molecule has 0 bridgehead atoms. The first-order chi connectivity index (χ1) is 9.84. The van der Waals surface area contributed by atoms with Gasteiger partial charge in [0.15, 0.2) is 9.84 Å². The van der Waals surface area contributed by atoms with Gasteiger partial charge in [0.25, 0.3) is 0 Å². The lowest BCUT2D eigenvalue weighted by molar-refractivity contribution is 0.471. The van der Waals surface area contributed by atoms with E-state index in [2.05, 4.69) is 9.97 Å². The number of aromatic amines is 1. The number of phenols is 1. The number of fused-ring (bicyclic) bond motifs is 1.